The summed E-state index contributed by atoms with van der Waals surface area (Å²) in [4.78, 5) is 3.79. The predicted molar refractivity (Wildman–Crippen MR) is 44.1 cm³/mol. The minimum Gasteiger partial charge on any atom is -0.327 e. The number of hydrogen-bond donors (Lipinski definition) is 1. The zero-order valence-corrected chi connectivity index (χ0v) is 6.92. The second-order valence-electron chi connectivity index (χ2n) is 3.62. The summed E-state index contributed by atoms with van der Waals surface area (Å²) in [6, 6.07) is 1.68. The maximum atomic E-state index is 12.7. The van der Waals surface area contributed by atoms with E-state index in [1.165, 1.54) is 12.3 Å². The van der Waals surface area contributed by atoms with Gasteiger partial charge in [-0.25, -0.2) is 4.39 Å². The van der Waals surface area contributed by atoms with Gasteiger partial charge >= 0.3 is 0 Å². The molecule has 1 aliphatic carbocycles. The first-order chi connectivity index (χ1) is 5.63. The van der Waals surface area contributed by atoms with Crippen molar-refractivity contribution in [2.75, 3.05) is 0 Å². The Bertz CT molecular complexity index is 313. The zero-order chi connectivity index (χ0) is 8.77. The van der Waals surface area contributed by atoms with Crippen molar-refractivity contribution in [2.45, 2.75) is 24.8 Å². The van der Waals surface area contributed by atoms with Crippen molar-refractivity contribution in [2.24, 2.45) is 5.73 Å². The predicted octanol–water partition coefficient (Wildman–Crippen LogP) is 1.21. The van der Waals surface area contributed by atoms with E-state index in [4.69, 9.17) is 5.73 Å². The van der Waals surface area contributed by atoms with Crippen LogP contribution in [0.1, 0.15) is 18.9 Å². The van der Waals surface area contributed by atoms with Crippen molar-refractivity contribution in [1.82, 2.24) is 4.98 Å². The summed E-state index contributed by atoms with van der Waals surface area (Å²) in [5.74, 6) is -0.284. The van der Waals surface area contributed by atoms with Crippen molar-refractivity contribution in [3.05, 3.63) is 29.8 Å². The maximum Gasteiger partial charge on any atom is 0.141 e. The average Bonchev–Trinajstić information content (AvgIpc) is 2.61. The van der Waals surface area contributed by atoms with Crippen LogP contribution in [0.3, 0.4) is 0 Å². The Hall–Kier alpha value is -0.960. The second-order valence-corrected chi connectivity index (χ2v) is 3.62. The molecule has 2 rings (SSSR count). The van der Waals surface area contributed by atoms with Crippen LogP contribution in [0.2, 0.25) is 0 Å². The van der Waals surface area contributed by atoms with Gasteiger partial charge in [-0.3, -0.25) is 4.98 Å². The first-order valence-corrected chi connectivity index (χ1v) is 3.99. The van der Waals surface area contributed by atoms with E-state index in [9.17, 15) is 4.39 Å². The van der Waals surface area contributed by atoms with Gasteiger partial charge in [0.05, 0.1) is 6.20 Å². The largest absolute Gasteiger partial charge is 0.327 e. The fourth-order valence-electron chi connectivity index (χ4n) is 1.45. The van der Waals surface area contributed by atoms with E-state index in [-0.39, 0.29) is 17.3 Å². The van der Waals surface area contributed by atoms with Crippen LogP contribution in [0.15, 0.2) is 18.5 Å². The summed E-state index contributed by atoms with van der Waals surface area (Å²) in [5, 5.41) is 0. The molecular formula is C9H11FN2. The lowest BCUT2D eigenvalue weighted by atomic mass is 10.00. The number of rotatable bonds is 1. The lowest BCUT2D eigenvalue weighted by Gasteiger charge is -2.08. The van der Waals surface area contributed by atoms with Gasteiger partial charge in [0.1, 0.15) is 5.82 Å². The molecule has 0 aromatic carbocycles. The van der Waals surface area contributed by atoms with Crippen LogP contribution in [0.4, 0.5) is 4.39 Å². The number of hydrogen-bond acceptors (Lipinski definition) is 2. The normalized spacial score (nSPS) is 33.4. The number of nitrogens with zero attached hydrogens (tertiary/aromatic N) is 1. The molecule has 2 nitrogen and oxygen atoms in total. The molecule has 2 atom stereocenters. The molecule has 0 spiro atoms. The van der Waals surface area contributed by atoms with Crippen LogP contribution >= 0.6 is 0 Å². The number of pyridine rings is 1. The highest BCUT2D eigenvalue weighted by atomic mass is 19.1. The Morgan fingerprint density at radius 1 is 1.67 bits per heavy atom. The Labute approximate surface area is 70.6 Å². The van der Waals surface area contributed by atoms with Crippen LogP contribution in [0.25, 0.3) is 0 Å². The van der Waals surface area contributed by atoms with Gasteiger partial charge in [-0.15, -0.1) is 0 Å². The van der Waals surface area contributed by atoms with Crippen molar-refractivity contribution >= 4 is 0 Å². The standard InChI is InChI=1S/C9H11FN2/c1-9(3-8(9)11)6-2-7(10)5-12-4-6/h2,4-5,8H,3,11H2,1H3. The van der Waals surface area contributed by atoms with Gasteiger partial charge in [0.15, 0.2) is 0 Å². The van der Waals surface area contributed by atoms with Crippen LogP contribution < -0.4 is 5.73 Å². The van der Waals surface area contributed by atoms with E-state index >= 15 is 0 Å². The SMILES string of the molecule is CC1(c2cncc(F)c2)CC1N. The molecule has 2 unspecified atom stereocenters. The maximum absolute atomic E-state index is 12.7. The monoisotopic (exact) mass is 166 g/mol. The highest BCUT2D eigenvalue weighted by Gasteiger charge is 2.49. The molecule has 3 heteroatoms. The highest BCUT2D eigenvalue weighted by Crippen LogP contribution is 2.46. The third-order valence-corrected chi connectivity index (χ3v) is 2.67. The second kappa shape index (κ2) is 2.26. The lowest BCUT2D eigenvalue weighted by Crippen LogP contribution is -2.14. The van der Waals surface area contributed by atoms with Gasteiger partial charge in [0.25, 0.3) is 0 Å². The van der Waals surface area contributed by atoms with Gasteiger partial charge in [-0.1, -0.05) is 6.92 Å². The van der Waals surface area contributed by atoms with Gasteiger partial charge in [0, 0.05) is 17.7 Å². The molecule has 1 fully saturated rings. The summed E-state index contributed by atoms with van der Waals surface area (Å²) >= 11 is 0. The fourth-order valence-corrected chi connectivity index (χ4v) is 1.45. The Kier molecular flexibility index (Phi) is 1.45. The topological polar surface area (TPSA) is 38.9 Å². The molecule has 1 aromatic heterocycles. The molecule has 1 aliphatic rings. The molecule has 0 radical (unpaired) electrons. The van der Waals surface area contributed by atoms with Crippen molar-refractivity contribution < 1.29 is 4.39 Å². The van der Waals surface area contributed by atoms with Crippen LogP contribution in [-0.4, -0.2) is 11.0 Å². The Balaban J connectivity index is 2.36. The number of nitrogens with two attached hydrogens (primary N) is 1. The summed E-state index contributed by atoms with van der Waals surface area (Å²) in [6.45, 7) is 2.04. The van der Waals surface area contributed by atoms with Crippen molar-refractivity contribution in [1.29, 1.82) is 0 Å². The third kappa shape index (κ3) is 1.01. The van der Waals surface area contributed by atoms with Crippen LogP contribution in [0, 0.1) is 5.82 Å². The molecule has 64 valence electrons. The molecule has 12 heavy (non-hydrogen) atoms. The van der Waals surface area contributed by atoms with Crippen molar-refractivity contribution in [3.63, 3.8) is 0 Å². The molecule has 0 amide bonds. The molecule has 2 N–H and O–H groups in total. The first kappa shape index (κ1) is 7.68. The van der Waals surface area contributed by atoms with E-state index < -0.39 is 0 Å². The third-order valence-electron chi connectivity index (χ3n) is 2.67. The van der Waals surface area contributed by atoms with Crippen LogP contribution in [0.5, 0.6) is 0 Å². The van der Waals surface area contributed by atoms with Gasteiger partial charge in [0.2, 0.25) is 0 Å². The molecule has 0 aliphatic heterocycles. The molecule has 0 saturated heterocycles. The summed E-state index contributed by atoms with van der Waals surface area (Å²) in [6.07, 6.45) is 3.83. The Morgan fingerprint density at radius 3 is 2.83 bits per heavy atom. The molecule has 1 saturated carbocycles. The van der Waals surface area contributed by atoms with E-state index in [2.05, 4.69) is 4.98 Å². The first-order valence-electron chi connectivity index (χ1n) is 3.99. The van der Waals surface area contributed by atoms with E-state index in [0.717, 1.165) is 12.0 Å². The summed E-state index contributed by atoms with van der Waals surface area (Å²) in [7, 11) is 0. The molecular weight excluding hydrogens is 155 g/mol. The fraction of sp³-hybridized carbons (Fsp3) is 0.444. The summed E-state index contributed by atoms with van der Waals surface area (Å²) < 4.78 is 12.7. The molecule has 1 aromatic rings. The summed E-state index contributed by atoms with van der Waals surface area (Å²) in [5.41, 5.74) is 6.61. The van der Waals surface area contributed by atoms with E-state index in [1.54, 1.807) is 6.20 Å². The van der Waals surface area contributed by atoms with Gasteiger partial charge < -0.3 is 5.73 Å². The average molecular weight is 166 g/mol. The minimum atomic E-state index is -0.284. The molecule has 0 bridgehead atoms. The number of halogens is 1. The Morgan fingerprint density at radius 2 is 2.33 bits per heavy atom. The van der Waals surface area contributed by atoms with E-state index in [0.29, 0.717) is 0 Å². The van der Waals surface area contributed by atoms with Crippen LogP contribution in [-0.2, 0) is 5.41 Å². The minimum absolute atomic E-state index is 0.0326. The zero-order valence-electron chi connectivity index (χ0n) is 6.92. The lowest BCUT2D eigenvalue weighted by molar-refractivity contribution is 0.611. The highest BCUT2D eigenvalue weighted by molar-refractivity contribution is 5.32. The quantitative estimate of drug-likeness (QED) is 0.681. The van der Waals surface area contributed by atoms with Crippen molar-refractivity contribution in [3.8, 4) is 0 Å². The smallest absolute Gasteiger partial charge is 0.141 e. The van der Waals surface area contributed by atoms with Gasteiger partial charge in [-0.2, -0.15) is 0 Å². The number of aromatic nitrogens is 1. The van der Waals surface area contributed by atoms with E-state index in [1.807, 2.05) is 6.92 Å². The van der Waals surface area contributed by atoms with Gasteiger partial charge in [-0.05, 0) is 18.1 Å². The molecule has 1 heterocycles.